The number of aromatic hydroxyl groups is 1. The number of hydrogen-bond donors (Lipinski definition) is 1. The van der Waals surface area contributed by atoms with Crippen molar-refractivity contribution in [2.24, 2.45) is 0 Å². The van der Waals surface area contributed by atoms with Crippen molar-refractivity contribution in [1.82, 2.24) is 9.55 Å². The van der Waals surface area contributed by atoms with Crippen LogP contribution in [0.5, 0.6) is 5.75 Å². The summed E-state index contributed by atoms with van der Waals surface area (Å²) < 4.78 is 7.78. The fourth-order valence-corrected chi connectivity index (χ4v) is 5.90. The Morgan fingerprint density at radius 1 is 1.06 bits per heavy atom. The molecular formula is C25H22N2O3S2. The van der Waals surface area contributed by atoms with Crippen molar-refractivity contribution in [3.63, 3.8) is 0 Å². The molecule has 32 heavy (non-hydrogen) atoms. The molecule has 0 aliphatic heterocycles. The number of fused-ring (bicyclic) bond motifs is 3. The number of aromatic nitrogens is 2. The summed E-state index contributed by atoms with van der Waals surface area (Å²) >= 11 is 3.05. The fraction of sp³-hybridized carbons (Fsp3) is 0.200. The highest BCUT2D eigenvalue weighted by atomic mass is 32.1. The van der Waals surface area contributed by atoms with E-state index in [2.05, 4.69) is 18.2 Å². The fourth-order valence-electron chi connectivity index (χ4n) is 4.06. The highest BCUT2D eigenvalue weighted by molar-refractivity contribution is 7.25. The second kappa shape index (κ2) is 8.86. The van der Waals surface area contributed by atoms with E-state index in [1.807, 2.05) is 35.7 Å². The molecule has 5 nitrogen and oxygen atoms in total. The zero-order chi connectivity index (χ0) is 22.1. The summed E-state index contributed by atoms with van der Waals surface area (Å²) in [4.78, 5) is 20.4. The van der Waals surface area contributed by atoms with E-state index in [0.29, 0.717) is 33.7 Å². The van der Waals surface area contributed by atoms with Crippen molar-refractivity contribution < 1.29 is 9.84 Å². The standard InChI is InChI=1S/C25H22N2O3S2/c1-30-15-20-26-24-22(25(29)27(20)12-11-18-8-5-13-31-18)21-17(9-10-19(28)23(21)32-24)14-16-6-3-2-4-7-16/h2-10,13,28H,11-12,14-15H2,1H3. The predicted molar refractivity (Wildman–Crippen MR) is 131 cm³/mol. The van der Waals surface area contributed by atoms with E-state index in [1.54, 1.807) is 29.1 Å². The van der Waals surface area contributed by atoms with Crippen LogP contribution < -0.4 is 5.56 Å². The van der Waals surface area contributed by atoms with Gasteiger partial charge in [0.15, 0.2) is 0 Å². The summed E-state index contributed by atoms with van der Waals surface area (Å²) in [5.41, 5.74) is 2.09. The van der Waals surface area contributed by atoms with Crippen molar-refractivity contribution in [2.75, 3.05) is 7.11 Å². The van der Waals surface area contributed by atoms with Crippen LogP contribution in [0, 0.1) is 0 Å². The largest absolute Gasteiger partial charge is 0.506 e. The first-order chi connectivity index (χ1) is 15.7. The van der Waals surface area contributed by atoms with Gasteiger partial charge in [0.25, 0.3) is 5.56 Å². The molecule has 0 saturated carbocycles. The summed E-state index contributed by atoms with van der Waals surface area (Å²) in [5.74, 6) is 0.787. The number of ether oxygens (including phenoxy) is 1. The maximum atomic E-state index is 13.8. The van der Waals surface area contributed by atoms with Crippen molar-refractivity contribution >= 4 is 43.0 Å². The van der Waals surface area contributed by atoms with Gasteiger partial charge in [-0.25, -0.2) is 4.98 Å². The number of phenols is 1. The van der Waals surface area contributed by atoms with Gasteiger partial charge in [0.1, 0.15) is 23.0 Å². The molecule has 0 saturated heterocycles. The van der Waals surface area contributed by atoms with Crippen molar-refractivity contribution in [3.05, 3.63) is 92.2 Å². The number of thiophene rings is 2. The number of aryl methyl sites for hydroxylation is 1. The summed E-state index contributed by atoms with van der Waals surface area (Å²) in [6.07, 6.45) is 1.43. The summed E-state index contributed by atoms with van der Waals surface area (Å²) in [6.45, 7) is 0.790. The van der Waals surface area contributed by atoms with Gasteiger partial charge in [-0.1, -0.05) is 42.5 Å². The van der Waals surface area contributed by atoms with Crippen LogP contribution in [0.2, 0.25) is 0 Å². The second-order valence-electron chi connectivity index (χ2n) is 7.64. The third-order valence-corrected chi connectivity index (χ3v) is 7.60. The molecule has 0 aliphatic rings. The van der Waals surface area contributed by atoms with Crippen LogP contribution in [0.1, 0.15) is 21.8 Å². The zero-order valence-corrected chi connectivity index (χ0v) is 19.2. The normalized spacial score (nSPS) is 11.5. The quantitative estimate of drug-likeness (QED) is 0.354. The Hall–Kier alpha value is -3.00. The SMILES string of the molecule is COCc1nc2sc3c(O)ccc(Cc4ccccc4)c3c2c(=O)n1CCc1cccs1. The maximum absolute atomic E-state index is 13.8. The van der Waals surface area contributed by atoms with Crippen LogP contribution >= 0.6 is 22.7 Å². The van der Waals surface area contributed by atoms with Crippen LogP contribution in [0.4, 0.5) is 0 Å². The third-order valence-electron chi connectivity index (χ3n) is 5.56. The van der Waals surface area contributed by atoms with Gasteiger partial charge in [0.2, 0.25) is 0 Å². The van der Waals surface area contributed by atoms with E-state index in [1.165, 1.54) is 16.2 Å². The monoisotopic (exact) mass is 462 g/mol. The minimum absolute atomic E-state index is 0.0789. The molecule has 5 rings (SSSR count). The van der Waals surface area contributed by atoms with Gasteiger partial charge in [0.05, 0.1) is 10.1 Å². The second-order valence-corrected chi connectivity index (χ2v) is 9.67. The predicted octanol–water partition coefficient (Wildman–Crippen LogP) is 5.36. The van der Waals surface area contributed by atoms with E-state index in [-0.39, 0.29) is 17.9 Å². The van der Waals surface area contributed by atoms with Gasteiger partial charge in [0, 0.05) is 23.9 Å². The molecule has 0 amide bonds. The van der Waals surface area contributed by atoms with Gasteiger partial charge in [-0.15, -0.1) is 22.7 Å². The minimum Gasteiger partial charge on any atom is -0.506 e. The molecular weight excluding hydrogens is 440 g/mol. The van der Waals surface area contributed by atoms with Gasteiger partial charge < -0.3 is 9.84 Å². The lowest BCUT2D eigenvalue weighted by atomic mass is 10.00. The van der Waals surface area contributed by atoms with Crippen LogP contribution in [0.25, 0.3) is 20.3 Å². The van der Waals surface area contributed by atoms with Gasteiger partial charge in [-0.2, -0.15) is 0 Å². The van der Waals surface area contributed by atoms with Crippen LogP contribution in [0.15, 0.2) is 64.8 Å². The van der Waals surface area contributed by atoms with Gasteiger partial charge in [-0.3, -0.25) is 9.36 Å². The molecule has 0 spiro atoms. The molecule has 5 aromatic rings. The molecule has 0 unspecified atom stereocenters. The molecule has 0 fully saturated rings. The zero-order valence-electron chi connectivity index (χ0n) is 17.6. The first kappa shape index (κ1) is 20.9. The smallest absolute Gasteiger partial charge is 0.262 e. The maximum Gasteiger partial charge on any atom is 0.262 e. The molecule has 0 radical (unpaired) electrons. The van der Waals surface area contributed by atoms with Crippen LogP contribution in [0.3, 0.4) is 0 Å². The number of nitrogens with zero attached hydrogens (tertiary/aromatic N) is 2. The van der Waals surface area contributed by atoms with Crippen molar-refractivity contribution in [2.45, 2.75) is 26.0 Å². The van der Waals surface area contributed by atoms with Gasteiger partial charge in [-0.05, 0) is 41.5 Å². The Morgan fingerprint density at radius 2 is 1.91 bits per heavy atom. The highest BCUT2D eigenvalue weighted by Gasteiger charge is 2.20. The van der Waals surface area contributed by atoms with Crippen molar-refractivity contribution in [1.29, 1.82) is 0 Å². The molecule has 0 atom stereocenters. The van der Waals surface area contributed by atoms with Crippen LogP contribution in [-0.2, 0) is 30.7 Å². The van der Waals surface area contributed by atoms with Gasteiger partial charge >= 0.3 is 0 Å². The highest BCUT2D eigenvalue weighted by Crippen LogP contribution is 2.39. The first-order valence-electron chi connectivity index (χ1n) is 10.4. The Balaban J connectivity index is 1.71. The van der Waals surface area contributed by atoms with E-state index in [0.717, 1.165) is 22.9 Å². The number of benzene rings is 2. The Morgan fingerprint density at radius 3 is 2.66 bits per heavy atom. The molecule has 3 heterocycles. The third kappa shape index (κ3) is 3.83. The Labute approximate surface area is 193 Å². The molecule has 1 N–H and O–H groups in total. The van der Waals surface area contributed by atoms with Crippen molar-refractivity contribution in [3.8, 4) is 5.75 Å². The summed E-state index contributed by atoms with van der Waals surface area (Å²) in [5, 5.41) is 14.0. The van der Waals surface area contributed by atoms with E-state index < -0.39 is 0 Å². The Bertz CT molecular complexity index is 1440. The number of methoxy groups -OCH3 is 1. The lowest BCUT2D eigenvalue weighted by molar-refractivity contribution is 0.173. The molecule has 3 aromatic heterocycles. The Kier molecular flexibility index (Phi) is 5.78. The van der Waals surface area contributed by atoms with Crippen LogP contribution in [-0.4, -0.2) is 21.8 Å². The molecule has 2 aromatic carbocycles. The van der Waals surface area contributed by atoms with E-state index >= 15 is 0 Å². The lowest BCUT2D eigenvalue weighted by Gasteiger charge is -2.12. The van der Waals surface area contributed by atoms with E-state index in [4.69, 9.17) is 9.72 Å². The topological polar surface area (TPSA) is 64.3 Å². The van der Waals surface area contributed by atoms with E-state index in [9.17, 15) is 9.90 Å². The lowest BCUT2D eigenvalue weighted by Crippen LogP contribution is -2.26. The number of phenolic OH excluding ortho intramolecular Hbond substituents is 1. The molecule has 0 bridgehead atoms. The average molecular weight is 463 g/mol. The molecule has 7 heteroatoms. The average Bonchev–Trinajstić information content (AvgIpc) is 3.45. The number of hydrogen-bond acceptors (Lipinski definition) is 6. The first-order valence-corrected chi connectivity index (χ1v) is 12.1. The molecule has 162 valence electrons. The number of rotatable bonds is 7. The molecule has 0 aliphatic carbocycles. The summed E-state index contributed by atoms with van der Waals surface area (Å²) in [6, 6.07) is 17.9. The summed E-state index contributed by atoms with van der Waals surface area (Å²) in [7, 11) is 1.61. The minimum atomic E-state index is -0.0789.